The third kappa shape index (κ3) is 8.41. The summed E-state index contributed by atoms with van der Waals surface area (Å²) in [6, 6.07) is 11.0. The molecule has 1 rings (SSSR count). The number of thiol groups is 1. The van der Waals surface area contributed by atoms with Gasteiger partial charge in [0.2, 0.25) is 0 Å². The first kappa shape index (κ1) is 13.1. The van der Waals surface area contributed by atoms with Gasteiger partial charge in [-0.2, -0.15) is 0 Å². The maximum absolute atomic E-state index is 4.48. The van der Waals surface area contributed by atoms with Crippen molar-refractivity contribution in [3.8, 4) is 0 Å². The molecule has 1 aromatic carbocycles. The predicted octanol–water partition coefficient (Wildman–Crippen LogP) is 2.30. The van der Waals surface area contributed by atoms with Gasteiger partial charge < -0.3 is 0 Å². The summed E-state index contributed by atoms with van der Waals surface area (Å²) in [5.74, 6) is 0. The van der Waals surface area contributed by atoms with Gasteiger partial charge >= 0.3 is 51.8 Å². The molecule has 4 heteroatoms. The number of aryl methyl sites for hydroxylation is 1. The fourth-order valence-electron chi connectivity index (χ4n) is 0.657. The van der Waals surface area contributed by atoms with E-state index < -0.39 is 0 Å². The topological polar surface area (TPSA) is 12.0 Å². The molecule has 0 atom stereocenters. The van der Waals surface area contributed by atoms with Gasteiger partial charge in [-0.3, -0.25) is 0 Å². The predicted molar refractivity (Wildman–Crippen MR) is 59.4 cm³/mol. The van der Waals surface area contributed by atoms with Crippen LogP contribution in [-0.4, -0.2) is 4.32 Å². The fourth-order valence-corrected chi connectivity index (χ4v) is 0.657. The normalized spacial score (nSPS) is 8.31. The summed E-state index contributed by atoms with van der Waals surface area (Å²) in [5, 5.41) is 0. The molecule has 0 fully saturated rings. The Kier molecular flexibility index (Phi) is 8.73. The van der Waals surface area contributed by atoms with Crippen molar-refractivity contribution in [1.82, 2.24) is 4.06 Å². The van der Waals surface area contributed by atoms with Gasteiger partial charge in [-0.25, -0.2) is 0 Å². The zero-order valence-electron chi connectivity index (χ0n) is 7.58. The summed E-state index contributed by atoms with van der Waals surface area (Å²) in [6.07, 6.45) is 1.12. The Bertz CT molecular complexity index is 239. The molecular weight excluding hydrogens is 252 g/mol. The van der Waals surface area contributed by atoms with Gasteiger partial charge in [-0.1, -0.05) is 31.2 Å². The van der Waals surface area contributed by atoms with Crippen LogP contribution in [0.25, 0.3) is 0 Å². The molecule has 0 spiro atoms. The fraction of sp³-hybridized carbons (Fsp3) is 0.222. The minimum absolute atomic E-state index is 0.588. The van der Waals surface area contributed by atoms with Crippen LogP contribution in [0.5, 0.6) is 0 Å². The summed E-state index contributed by atoms with van der Waals surface area (Å²) in [5.41, 5.74) is 1.38. The molecule has 0 saturated heterocycles. The summed E-state index contributed by atoms with van der Waals surface area (Å²) < 4.78 is 3.34. The molecule has 1 nitrogen and oxygen atoms in total. The van der Waals surface area contributed by atoms with Gasteiger partial charge in [0, 0.05) is 0 Å². The summed E-state index contributed by atoms with van der Waals surface area (Å²) in [6.45, 7) is 2.15. The van der Waals surface area contributed by atoms with Crippen molar-refractivity contribution in [3.63, 3.8) is 0 Å². The average Bonchev–Trinajstić information content (AvgIpc) is 2.20. The third-order valence-electron chi connectivity index (χ3n) is 1.35. The van der Waals surface area contributed by atoms with Gasteiger partial charge in [0.05, 0.1) is 0 Å². The third-order valence-corrected chi connectivity index (χ3v) is 3.55. The molecule has 0 saturated carbocycles. The molecule has 0 bridgehead atoms. The number of nitrogens with one attached hydrogen (secondary N) is 1. The Morgan fingerprint density at radius 2 is 2.08 bits per heavy atom. The van der Waals surface area contributed by atoms with E-state index in [1.165, 1.54) is 5.56 Å². The molecule has 0 aliphatic rings. The second kappa shape index (κ2) is 8.67. The monoisotopic (exact) mass is 261 g/mol. The molecule has 0 aromatic heterocycles. The molecule has 1 aromatic rings. The van der Waals surface area contributed by atoms with Crippen molar-refractivity contribution in [2.45, 2.75) is 13.3 Å². The summed E-state index contributed by atoms with van der Waals surface area (Å²) in [4.78, 5) is 0. The van der Waals surface area contributed by atoms with Crippen LogP contribution in [0.2, 0.25) is 0 Å². The molecule has 0 unspecified atom stereocenters. The number of hydrogen-bond acceptors (Lipinski definition) is 1. The Hall–Kier alpha value is 0.0834. The first-order chi connectivity index (χ1) is 6.20. The van der Waals surface area contributed by atoms with Crippen LogP contribution in [0.3, 0.4) is 0 Å². The van der Waals surface area contributed by atoms with Crippen LogP contribution < -0.4 is 4.06 Å². The van der Waals surface area contributed by atoms with Crippen molar-refractivity contribution in [1.29, 1.82) is 0 Å². The second-order valence-corrected chi connectivity index (χ2v) is 4.14. The quantitative estimate of drug-likeness (QED) is 0.458. The van der Waals surface area contributed by atoms with Crippen molar-refractivity contribution in [2.75, 3.05) is 0 Å². The van der Waals surface area contributed by atoms with Crippen LogP contribution in [0.4, 0.5) is 0 Å². The van der Waals surface area contributed by atoms with E-state index in [0.29, 0.717) is 4.32 Å². The van der Waals surface area contributed by atoms with Crippen molar-refractivity contribution >= 4 is 29.2 Å². The zero-order valence-corrected chi connectivity index (χ0v) is 12.3. The molecule has 0 heterocycles. The van der Waals surface area contributed by atoms with Crippen molar-refractivity contribution in [3.05, 3.63) is 35.9 Å². The molecule has 1 radical (unpaired) electrons. The Morgan fingerprint density at radius 3 is 2.31 bits per heavy atom. The van der Waals surface area contributed by atoms with E-state index >= 15 is 0 Å². The maximum atomic E-state index is 4.48. The van der Waals surface area contributed by atoms with Gasteiger partial charge in [0.15, 0.2) is 0 Å². The van der Waals surface area contributed by atoms with Gasteiger partial charge in [-0.05, 0) is 18.1 Å². The SMILES string of the molecule is CCc1cc[c]cc1.S=C(S)[NH][Zn]. The first-order valence-electron chi connectivity index (χ1n) is 3.91. The van der Waals surface area contributed by atoms with E-state index in [1.807, 2.05) is 12.1 Å². The van der Waals surface area contributed by atoms with Gasteiger partial charge in [-0.15, -0.1) is 0 Å². The van der Waals surface area contributed by atoms with Crippen LogP contribution in [0.1, 0.15) is 12.5 Å². The van der Waals surface area contributed by atoms with Crippen LogP contribution >= 0.6 is 24.8 Å². The summed E-state index contributed by atoms with van der Waals surface area (Å²) >= 11 is 9.22. The van der Waals surface area contributed by atoms with Crippen molar-refractivity contribution in [2.24, 2.45) is 0 Å². The average molecular weight is 263 g/mol. The van der Waals surface area contributed by atoms with Crippen LogP contribution in [0, 0.1) is 6.07 Å². The van der Waals surface area contributed by atoms with E-state index in [9.17, 15) is 0 Å². The molecule has 66 valence electrons. The number of rotatable bonds is 1. The molecule has 13 heavy (non-hydrogen) atoms. The van der Waals surface area contributed by atoms with E-state index in [-0.39, 0.29) is 0 Å². The van der Waals surface area contributed by atoms with E-state index in [1.54, 1.807) is 0 Å². The molecule has 0 aliphatic heterocycles. The number of benzene rings is 1. The number of thiocarbonyl (C=S) groups is 1. The Balaban J connectivity index is 0.000000252. The minimum atomic E-state index is 0.588. The van der Waals surface area contributed by atoms with Crippen molar-refractivity contribution < 1.29 is 18.5 Å². The second-order valence-electron chi connectivity index (χ2n) is 2.24. The van der Waals surface area contributed by atoms with E-state index in [4.69, 9.17) is 0 Å². The molecule has 0 amide bonds. The first-order valence-corrected chi connectivity index (χ1v) is 6.25. The molecule has 1 N–H and O–H groups in total. The molecular formula is C9H11NS2Zn. The van der Waals surface area contributed by atoms with Gasteiger partial charge in [0.25, 0.3) is 0 Å². The molecule has 0 aliphatic carbocycles. The van der Waals surface area contributed by atoms with Gasteiger partial charge in [0.1, 0.15) is 0 Å². The van der Waals surface area contributed by atoms with E-state index in [2.05, 4.69) is 54.0 Å². The number of hydrogen-bond donors (Lipinski definition) is 2. The Morgan fingerprint density at radius 1 is 1.62 bits per heavy atom. The zero-order chi connectivity index (χ0) is 10.1. The van der Waals surface area contributed by atoms with E-state index in [0.717, 1.165) is 25.0 Å². The van der Waals surface area contributed by atoms with Crippen LogP contribution in [-0.2, 0) is 25.0 Å². The standard InChI is InChI=1S/C8H9.CH3NS2.Zn/c1-2-8-6-4-3-5-7-8;2-1(3)4;/h4-7H,2H2,1H3;(H3,2,3,4);/q;;+1/p-1. The van der Waals surface area contributed by atoms with Crippen LogP contribution in [0.15, 0.2) is 24.3 Å². The summed E-state index contributed by atoms with van der Waals surface area (Å²) in [7, 11) is 0. The Labute approximate surface area is 101 Å².